The summed E-state index contributed by atoms with van der Waals surface area (Å²) in [4.78, 5) is 7.03. The van der Waals surface area contributed by atoms with Crippen molar-refractivity contribution in [2.45, 2.75) is 25.7 Å². The van der Waals surface area contributed by atoms with E-state index in [1.807, 2.05) is 0 Å². The number of halogens is 3. The van der Waals surface area contributed by atoms with E-state index in [2.05, 4.69) is 42.9 Å². The summed E-state index contributed by atoms with van der Waals surface area (Å²) in [5.74, 6) is 0. The van der Waals surface area contributed by atoms with E-state index in [9.17, 15) is 13.2 Å². The fraction of sp³-hybridized carbons (Fsp3) is 0.933. The monoisotopic (exact) mass is 415 g/mol. The standard InChI is InChI=1S/C14H33N4.CF3.Y/c1-16(2)10-8-14-18(4)12-6-5-11-17(3)13-7-9-15;2-1(3)4;/h15H,5-14H2,1-4H3;;/q2*-1;. The summed E-state index contributed by atoms with van der Waals surface area (Å²) < 4.78 is 28.8. The van der Waals surface area contributed by atoms with Crippen molar-refractivity contribution in [3.8, 4) is 0 Å². The molecule has 0 aromatic carbocycles. The summed E-state index contributed by atoms with van der Waals surface area (Å²) in [5.41, 5.74) is 7.12. The molecule has 0 aromatic heterocycles. The Bertz CT molecular complexity index is 222. The molecule has 139 valence electrons. The average Bonchev–Trinajstić information content (AvgIpc) is 2.40. The number of nitrogens with zero attached hydrogens (tertiary/aromatic N) is 3. The summed E-state index contributed by atoms with van der Waals surface area (Å²) in [6.45, 7) is 3.31. The van der Waals surface area contributed by atoms with Gasteiger partial charge < -0.3 is 33.6 Å². The molecular formula is C15H33F3N4Y-2. The first-order chi connectivity index (χ1) is 10.3. The van der Waals surface area contributed by atoms with Crippen molar-refractivity contribution >= 4 is 0 Å². The van der Waals surface area contributed by atoms with Gasteiger partial charge in [0.05, 0.1) is 0 Å². The normalized spacial score (nSPS) is 11.0. The number of hydrogen-bond acceptors (Lipinski definition) is 3. The first kappa shape index (κ1) is 28.5. The zero-order valence-corrected chi connectivity index (χ0v) is 18.0. The number of nitrogens with one attached hydrogen (secondary N) is 1. The summed E-state index contributed by atoms with van der Waals surface area (Å²) in [7, 11) is 8.65. The maximum absolute atomic E-state index is 9.58. The maximum atomic E-state index is 9.58. The minimum absolute atomic E-state index is 0. The third-order valence-electron chi connectivity index (χ3n) is 3.19. The molecule has 4 nitrogen and oxygen atoms in total. The Kier molecular flexibility index (Phi) is 25.8. The van der Waals surface area contributed by atoms with Crippen molar-refractivity contribution in [1.82, 2.24) is 14.7 Å². The van der Waals surface area contributed by atoms with Crippen LogP contribution in [-0.2, 0) is 32.7 Å². The van der Waals surface area contributed by atoms with Crippen LogP contribution in [0, 0.1) is 6.68 Å². The maximum Gasteiger partial charge on any atom is 0.154 e. The molecule has 0 spiro atoms. The van der Waals surface area contributed by atoms with Gasteiger partial charge in [-0.1, -0.05) is 6.42 Å². The molecule has 0 aliphatic heterocycles. The Morgan fingerprint density at radius 3 is 1.39 bits per heavy atom. The molecule has 0 saturated carbocycles. The third-order valence-corrected chi connectivity index (χ3v) is 3.19. The first-order valence-corrected chi connectivity index (χ1v) is 7.79. The predicted molar refractivity (Wildman–Crippen MR) is 87.8 cm³/mol. The van der Waals surface area contributed by atoms with Crippen LogP contribution in [0.15, 0.2) is 0 Å². The molecule has 0 bridgehead atoms. The molecule has 0 amide bonds. The van der Waals surface area contributed by atoms with Gasteiger partial charge in [-0.15, -0.1) is 6.54 Å². The quantitative estimate of drug-likeness (QED) is 0.362. The van der Waals surface area contributed by atoms with Crippen molar-refractivity contribution in [1.29, 1.82) is 0 Å². The van der Waals surface area contributed by atoms with Crippen LogP contribution >= 0.6 is 0 Å². The smallest absolute Gasteiger partial charge is 0.154 e. The number of unbranched alkanes of at least 4 members (excludes halogenated alkanes) is 1. The van der Waals surface area contributed by atoms with E-state index in [0.717, 1.165) is 13.0 Å². The minimum atomic E-state index is -3.08. The van der Waals surface area contributed by atoms with Gasteiger partial charge in [0.25, 0.3) is 0 Å². The van der Waals surface area contributed by atoms with Crippen molar-refractivity contribution in [2.24, 2.45) is 0 Å². The Labute approximate surface area is 165 Å². The van der Waals surface area contributed by atoms with Crippen LogP contribution in [0.4, 0.5) is 13.2 Å². The van der Waals surface area contributed by atoms with E-state index in [4.69, 9.17) is 5.73 Å². The third kappa shape index (κ3) is 31.1. The van der Waals surface area contributed by atoms with Gasteiger partial charge in [0.1, 0.15) is 0 Å². The van der Waals surface area contributed by atoms with Gasteiger partial charge in [-0.3, -0.25) is 0 Å². The van der Waals surface area contributed by atoms with Gasteiger partial charge in [-0.25, -0.2) is 0 Å². The second-order valence-electron chi connectivity index (χ2n) is 5.79. The number of hydrogen-bond donors (Lipinski definition) is 0. The molecule has 0 heterocycles. The van der Waals surface area contributed by atoms with Gasteiger partial charge in [-0.05, 0) is 80.2 Å². The zero-order chi connectivity index (χ0) is 17.4. The van der Waals surface area contributed by atoms with Gasteiger partial charge in [0.2, 0.25) is 0 Å². The van der Waals surface area contributed by atoms with Crippen LogP contribution < -0.4 is 0 Å². The predicted octanol–water partition coefficient (Wildman–Crippen LogP) is 3.36. The second kappa shape index (κ2) is 20.8. The van der Waals surface area contributed by atoms with Crippen LogP contribution in [0.5, 0.6) is 0 Å². The fourth-order valence-corrected chi connectivity index (χ4v) is 1.99. The largest absolute Gasteiger partial charge is 0.677 e. The summed E-state index contributed by atoms with van der Waals surface area (Å²) in [6.07, 6.45) is 4.81. The molecule has 0 aliphatic rings. The average molecular weight is 415 g/mol. The molecule has 1 radical (unpaired) electrons. The molecule has 0 fully saturated rings. The van der Waals surface area contributed by atoms with E-state index >= 15 is 0 Å². The summed E-state index contributed by atoms with van der Waals surface area (Å²) >= 11 is 0. The molecule has 0 saturated heterocycles. The molecule has 1 N–H and O–H groups in total. The van der Waals surface area contributed by atoms with Gasteiger partial charge in [-0.2, -0.15) is 0 Å². The fourth-order valence-electron chi connectivity index (χ4n) is 1.99. The van der Waals surface area contributed by atoms with Crippen LogP contribution in [0.3, 0.4) is 0 Å². The molecule has 0 atom stereocenters. The SMILES string of the molecule is CN(C)CCCN(C)CCCCN(C)CCC[NH-].F[C-](F)F.[Y]. The molecule has 0 unspecified atom stereocenters. The van der Waals surface area contributed by atoms with Crippen molar-refractivity contribution in [2.75, 3.05) is 67.5 Å². The first-order valence-electron chi connectivity index (χ1n) is 7.79. The van der Waals surface area contributed by atoms with Crippen LogP contribution in [0.1, 0.15) is 25.7 Å². The van der Waals surface area contributed by atoms with Crippen LogP contribution in [0.2, 0.25) is 0 Å². The van der Waals surface area contributed by atoms with E-state index in [0.29, 0.717) is 6.54 Å². The molecule has 0 rings (SSSR count). The van der Waals surface area contributed by atoms with Crippen LogP contribution in [-0.4, -0.2) is 82.2 Å². The van der Waals surface area contributed by atoms with Crippen LogP contribution in [0.25, 0.3) is 5.73 Å². The van der Waals surface area contributed by atoms with Crippen molar-refractivity contribution in [3.05, 3.63) is 12.4 Å². The Morgan fingerprint density at radius 1 is 0.696 bits per heavy atom. The topological polar surface area (TPSA) is 33.5 Å². The zero-order valence-electron chi connectivity index (χ0n) is 15.1. The molecule has 0 aliphatic carbocycles. The molecule has 0 aromatic rings. The van der Waals surface area contributed by atoms with E-state index in [1.165, 1.54) is 45.4 Å². The number of rotatable bonds is 12. The summed E-state index contributed by atoms with van der Waals surface area (Å²) in [6, 6.07) is 0. The van der Waals surface area contributed by atoms with E-state index in [1.54, 1.807) is 0 Å². The Morgan fingerprint density at radius 2 is 1.04 bits per heavy atom. The Hall–Kier alpha value is 0.734. The van der Waals surface area contributed by atoms with Crippen molar-refractivity contribution in [3.63, 3.8) is 0 Å². The molecule has 8 heteroatoms. The second-order valence-corrected chi connectivity index (χ2v) is 5.79. The summed E-state index contributed by atoms with van der Waals surface area (Å²) in [5, 5.41) is 0. The van der Waals surface area contributed by atoms with E-state index < -0.39 is 6.68 Å². The van der Waals surface area contributed by atoms with Gasteiger partial charge >= 0.3 is 0 Å². The van der Waals surface area contributed by atoms with Gasteiger partial charge in [0.15, 0.2) is 6.68 Å². The molecular weight excluding hydrogens is 382 g/mol. The van der Waals surface area contributed by atoms with E-state index in [-0.39, 0.29) is 32.7 Å². The Balaban J connectivity index is -0.000000712. The van der Waals surface area contributed by atoms with Crippen molar-refractivity contribution < 1.29 is 45.9 Å². The molecule has 23 heavy (non-hydrogen) atoms. The van der Waals surface area contributed by atoms with Gasteiger partial charge in [0, 0.05) is 32.7 Å². The minimum Gasteiger partial charge on any atom is -0.677 e.